The van der Waals surface area contributed by atoms with E-state index < -0.39 is 0 Å². The molecule has 166 valence electrons. The molecule has 35 heavy (non-hydrogen) atoms. The number of fused-ring (bicyclic) bond motifs is 10. The molecule has 0 N–H and O–H groups in total. The number of oxazole rings is 1. The van der Waals surface area contributed by atoms with E-state index in [4.69, 9.17) is 9.40 Å². The Balaban J connectivity index is 1.54. The van der Waals surface area contributed by atoms with E-state index in [1.807, 2.05) is 24.3 Å². The lowest BCUT2D eigenvalue weighted by molar-refractivity contribution is 0.574. The van der Waals surface area contributed by atoms with Gasteiger partial charge < -0.3 is 4.42 Å². The number of nitrogens with zero attached hydrogens (tertiary/aromatic N) is 2. The van der Waals surface area contributed by atoms with Crippen LogP contribution in [-0.2, 0) is 5.41 Å². The normalized spacial score (nSPS) is 14.2. The van der Waals surface area contributed by atoms with Crippen molar-refractivity contribution in [2.24, 2.45) is 0 Å². The Morgan fingerprint density at radius 3 is 2.37 bits per heavy atom. The SMILES string of the molecule is CC1(C)c2ccc3ccccc3c2-c2ccc3c(c21)c1ccccc1n3-c1nc2ccccc2o1. The van der Waals surface area contributed by atoms with E-state index in [2.05, 4.69) is 91.2 Å². The fourth-order valence-corrected chi connectivity index (χ4v) is 6.30. The maximum atomic E-state index is 6.27. The molecule has 8 rings (SSSR count). The lowest BCUT2D eigenvalue weighted by atomic mass is 9.80. The second-order valence-electron chi connectivity index (χ2n) is 10.0. The Labute approximate surface area is 202 Å². The van der Waals surface area contributed by atoms with Gasteiger partial charge in [-0.3, -0.25) is 4.57 Å². The third kappa shape index (κ3) is 2.33. The van der Waals surface area contributed by atoms with Gasteiger partial charge in [0.2, 0.25) is 0 Å². The zero-order chi connectivity index (χ0) is 23.3. The summed E-state index contributed by atoms with van der Waals surface area (Å²) in [4.78, 5) is 4.86. The molecule has 0 atom stereocenters. The molecule has 7 aromatic rings. The molecule has 0 aliphatic heterocycles. The van der Waals surface area contributed by atoms with E-state index in [1.54, 1.807) is 0 Å². The first kappa shape index (κ1) is 19.0. The minimum atomic E-state index is -0.134. The first-order valence-electron chi connectivity index (χ1n) is 12.1. The Morgan fingerprint density at radius 2 is 1.49 bits per heavy atom. The van der Waals surface area contributed by atoms with Crippen LogP contribution in [0.4, 0.5) is 0 Å². The second kappa shape index (κ2) is 6.39. The average molecular weight is 451 g/mol. The smallest absolute Gasteiger partial charge is 0.307 e. The van der Waals surface area contributed by atoms with Crippen molar-refractivity contribution in [1.29, 1.82) is 0 Å². The third-order valence-electron chi connectivity index (χ3n) is 7.81. The highest BCUT2D eigenvalue weighted by molar-refractivity contribution is 6.16. The van der Waals surface area contributed by atoms with Gasteiger partial charge in [-0.05, 0) is 57.3 Å². The number of hydrogen-bond donors (Lipinski definition) is 0. The van der Waals surface area contributed by atoms with Gasteiger partial charge in [0.15, 0.2) is 5.58 Å². The molecular formula is C32H22N2O. The largest absolute Gasteiger partial charge is 0.423 e. The van der Waals surface area contributed by atoms with Gasteiger partial charge in [-0.15, -0.1) is 0 Å². The summed E-state index contributed by atoms with van der Waals surface area (Å²) in [6, 6.07) is 35.0. The van der Waals surface area contributed by atoms with Crippen LogP contribution in [0.5, 0.6) is 0 Å². The molecule has 0 unspecified atom stereocenters. The molecule has 1 aliphatic rings. The molecule has 0 saturated heterocycles. The van der Waals surface area contributed by atoms with Crippen LogP contribution in [0.15, 0.2) is 101 Å². The van der Waals surface area contributed by atoms with E-state index >= 15 is 0 Å². The van der Waals surface area contributed by atoms with Crippen molar-refractivity contribution in [2.45, 2.75) is 19.3 Å². The van der Waals surface area contributed by atoms with Crippen LogP contribution >= 0.6 is 0 Å². The summed E-state index contributed by atoms with van der Waals surface area (Å²) < 4.78 is 8.45. The summed E-state index contributed by atoms with van der Waals surface area (Å²) in [5, 5.41) is 5.11. The zero-order valence-electron chi connectivity index (χ0n) is 19.5. The molecule has 1 aliphatic carbocycles. The summed E-state index contributed by atoms with van der Waals surface area (Å²) in [6.07, 6.45) is 0. The quantitative estimate of drug-likeness (QED) is 0.251. The predicted octanol–water partition coefficient (Wildman–Crippen LogP) is 8.38. The van der Waals surface area contributed by atoms with E-state index in [-0.39, 0.29) is 5.41 Å². The number of hydrogen-bond acceptors (Lipinski definition) is 2. The van der Waals surface area contributed by atoms with Crippen molar-refractivity contribution < 1.29 is 4.42 Å². The average Bonchev–Trinajstić information content (AvgIpc) is 3.52. The van der Waals surface area contributed by atoms with Gasteiger partial charge in [0.25, 0.3) is 0 Å². The number of benzene rings is 5. The van der Waals surface area contributed by atoms with Crippen molar-refractivity contribution in [3.8, 4) is 17.1 Å². The van der Waals surface area contributed by atoms with Crippen LogP contribution in [-0.4, -0.2) is 9.55 Å². The van der Waals surface area contributed by atoms with Gasteiger partial charge in [-0.25, -0.2) is 0 Å². The molecule has 2 aromatic heterocycles. The topological polar surface area (TPSA) is 31.0 Å². The van der Waals surface area contributed by atoms with Gasteiger partial charge in [-0.2, -0.15) is 4.98 Å². The van der Waals surface area contributed by atoms with Crippen LogP contribution in [0.2, 0.25) is 0 Å². The fraction of sp³-hybridized carbons (Fsp3) is 0.0938. The fourth-order valence-electron chi connectivity index (χ4n) is 6.30. The van der Waals surface area contributed by atoms with Gasteiger partial charge in [-0.1, -0.05) is 86.6 Å². The maximum absolute atomic E-state index is 6.27. The van der Waals surface area contributed by atoms with Crippen LogP contribution in [0, 0.1) is 0 Å². The highest BCUT2D eigenvalue weighted by Crippen LogP contribution is 2.55. The number of para-hydroxylation sites is 3. The molecule has 3 nitrogen and oxygen atoms in total. The van der Waals surface area contributed by atoms with E-state index in [0.717, 1.165) is 22.1 Å². The van der Waals surface area contributed by atoms with Gasteiger partial charge in [0.05, 0.1) is 11.0 Å². The molecular weight excluding hydrogens is 428 g/mol. The van der Waals surface area contributed by atoms with Gasteiger partial charge >= 0.3 is 6.01 Å². The Kier molecular flexibility index (Phi) is 3.47. The lowest BCUT2D eigenvalue weighted by Crippen LogP contribution is -2.15. The Morgan fingerprint density at radius 1 is 0.714 bits per heavy atom. The van der Waals surface area contributed by atoms with Crippen LogP contribution in [0.1, 0.15) is 25.0 Å². The predicted molar refractivity (Wildman–Crippen MR) is 143 cm³/mol. The first-order chi connectivity index (χ1) is 17.1. The monoisotopic (exact) mass is 450 g/mol. The summed E-state index contributed by atoms with van der Waals surface area (Å²) in [5.74, 6) is 0. The molecule has 0 bridgehead atoms. The van der Waals surface area contributed by atoms with Crippen molar-refractivity contribution in [1.82, 2.24) is 9.55 Å². The molecule has 5 aromatic carbocycles. The van der Waals surface area contributed by atoms with E-state index in [1.165, 1.54) is 43.8 Å². The number of aromatic nitrogens is 2. The van der Waals surface area contributed by atoms with Crippen molar-refractivity contribution in [3.63, 3.8) is 0 Å². The van der Waals surface area contributed by atoms with Crippen LogP contribution in [0.25, 0.3) is 60.8 Å². The lowest BCUT2D eigenvalue weighted by Gasteiger charge is -2.22. The molecule has 2 heterocycles. The van der Waals surface area contributed by atoms with Crippen molar-refractivity contribution >= 4 is 43.7 Å². The van der Waals surface area contributed by atoms with E-state index in [0.29, 0.717) is 6.01 Å². The minimum Gasteiger partial charge on any atom is -0.423 e. The molecule has 0 saturated carbocycles. The highest BCUT2D eigenvalue weighted by atomic mass is 16.4. The Hall–Kier alpha value is -4.37. The van der Waals surface area contributed by atoms with E-state index in [9.17, 15) is 0 Å². The molecule has 0 fully saturated rings. The van der Waals surface area contributed by atoms with Crippen molar-refractivity contribution in [2.75, 3.05) is 0 Å². The molecule has 0 amide bonds. The number of rotatable bonds is 1. The summed E-state index contributed by atoms with van der Waals surface area (Å²) in [7, 11) is 0. The Bertz CT molecular complexity index is 1950. The second-order valence-corrected chi connectivity index (χ2v) is 10.0. The minimum absolute atomic E-state index is 0.134. The van der Waals surface area contributed by atoms with Crippen molar-refractivity contribution in [3.05, 3.63) is 108 Å². The zero-order valence-corrected chi connectivity index (χ0v) is 19.5. The van der Waals surface area contributed by atoms with Gasteiger partial charge in [0, 0.05) is 16.2 Å². The maximum Gasteiger partial charge on any atom is 0.307 e. The summed E-state index contributed by atoms with van der Waals surface area (Å²) >= 11 is 0. The summed E-state index contributed by atoms with van der Waals surface area (Å²) in [6.45, 7) is 4.72. The highest BCUT2D eigenvalue weighted by Gasteiger charge is 2.39. The van der Waals surface area contributed by atoms with Crippen LogP contribution in [0.3, 0.4) is 0 Å². The van der Waals surface area contributed by atoms with Crippen LogP contribution < -0.4 is 0 Å². The molecule has 0 spiro atoms. The molecule has 3 heteroatoms. The first-order valence-corrected chi connectivity index (χ1v) is 12.1. The summed E-state index contributed by atoms with van der Waals surface area (Å²) in [5.41, 5.74) is 9.23. The van der Waals surface area contributed by atoms with Gasteiger partial charge in [0.1, 0.15) is 5.52 Å². The standard InChI is InChI=1S/C32H22N2O/c1-32(2)23-17-15-19-9-3-4-10-20(19)28(23)22-16-18-26-29(30(22)32)21-11-5-7-13-25(21)34(26)31-33-24-12-6-8-14-27(24)35-31/h3-18H,1-2H3. The molecule has 0 radical (unpaired) electrons. The third-order valence-corrected chi connectivity index (χ3v) is 7.81.